The number of hydrogen-bond acceptors (Lipinski definition) is 4. The molecule has 4 heterocycles. The first-order valence-corrected chi connectivity index (χ1v) is 18.3. The van der Waals surface area contributed by atoms with Gasteiger partial charge in [-0.05, 0) is 86.5 Å². The lowest BCUT2D eigenvalue weighted by molar-refractivity contribution is 0.249. The highest BCUT2D eigenvalue weighted by Gasteiger charge is 2.19. The number of para-hydroxylation sites is 2. The molecule has 0 atom stereocenters. The Kier molecular flexibility index (Phi) is 9.26. The molecule has 0 radical (unpaired) electrons. The number of aromatic nitrogens is 4. The van der Waals surface area contributed by atoms with Crippen molar-refractivity contribution >= 4 is 66.8 Å². The Morgan fingerprint density at radius 3 is 1.51 bits per heavy atom. The zero-order valence-electron chi connectivity index (χ0n) is 28.9. The Hall–Kier alpha value is -4.72. The Morgan fingerprint density at radius 1 is 0.588 bits per heavy atom. The molecule has 0 saturated heterocycles. The number of nitrogens with zero attached hydrogens (tertiary/aromatic N) is 5. The van der Waals surface area contributed by atoms with Gasteiger partial charge in [-0.3, -0.25) is 14.9 Å². The van der Waals surface area contributed by atoms with E-state index in [9.17, 15) is 0 Å². The Labute approximate surface area is 308 Å². The van der Waals surface area contributed by atoms with Crippen LogP contribution >= 0.6 is 23.2 Å². The van der Waals surface area contributed by atoms with Crippen LogP contribution in [-0.2, 0) is 26.2 Å². The number of hydrogen-bond donors (Lipinski definition) is 1. The minimum atomic E-state index is 0.626. The highest BCUT2D eigenvalue weighted by atomic mass is 35.5. The molecule has 0 bridgehead atoms. The summed E-state index contributed by atoms with van der Waals surface area (Å²) in [6.45, 7) is 8.56. The number of halogens is 2. The van der Waals surface area contributed by atoms with Gasteiger partial charge < -0.3 is 14.9 Å². The van der Waals surface area contributed by atoms with Crippen LogP contribution in [0.2, 0.25) is 10.0 Å². The molecular formula is C43H40Cl2N6. The Morgan fingerprint density at radius 2 is 1.06 bits per heavy atom. The molecule has 8 aromatic rings. The summed E-state index contributed by atoms with van der Waals surface area (Å²) in [5.41, 5.74) is 17.2. The maximum absolute atomic E-state index is 6.37. The third-order valence-electron chi connectivity index (χ3n) is 9.86. The lowest BCUT2D eigenvalue weighted by Gasteiger charge is -2.22. The third-order valence-corrected chi connectivity index (χ3v) is 10.3. The van der Waals surface area contributed by atoms with Gasteiger partial charge >= 0.3 is 0 Å². The number of fused-ring (bicyclic) bond motifs is 6. The molecule has 256 valence electrons. The topological polar surface area (TPSA) is 64.9 Å². The normalized spacial score (nSPS) is 12.0. The quantitative estimate of drug-likeness (QED) is 0.145. The van der Waals surface area contributed by atoms with E-state index in [2.05, 4.69) is 101 Å². The van der Waals surface area contributed by atoms with Crippen molar-refractivity contribution < 1.29 is 0 Å². The summed E-state index contributed by atoms with van der Waals surface area (Å²) in [7, 11) is 0. The maximum Gasteiger partial charge on any atom is 0.0711 e. The minimum Gasteiger partial charge on any atom is -0.334 e. The van der Waals surface area contributed by atoms with Crippen molar-refractivity contribution in [3.05, 3.63) is 153 Å². The first-order chi connectivity index (χ1) is 24.9. The van der Waals surface area contributed by atoms with Crippen LogP contribution in [0.5, 0.6) is 0 Å². The van der Waals surface area contributed by atoms with Crippen molar-refractivity contribution in [2.75, 3.05) is 13.1 Å². The van der Waals surface area contributed by atoms with Crippen LogP contribution in [0.1, 0.15) is 40.3 Å². The van der Waals surface area contributed by atoms with Crippen LogP contribution in [0.4, 0.5) is 0 Å². The second-order valence-electron chi connectivity index (χ2n) is 13.5. The zero-order chi connectivity index (χ0) is 35.1. The number of aryl methyl sites for hydroxylation is 2. The minimum absolute atomic E-state index is 0.626. The van der Waals surface area contributed by atoms with E-state index in [1.54, 1.807) is 0 Å². The van der Waals surface area contributed by atoms with Crippen LogP contribution in [0.3, 0.4) is 0 Å². The summed E-state index contributed by atoms with van der Waals surface area (Å²) in [6, 6.07) is 38.0. The molecule has 6 nitrogen and oxygen atoms in total. The second-order valence-corrected chi connectivity index (χ2v) is 14.4. The second kappa shape index (κ2) is 14.1. The van der Waals surface area contributed by atoms with E-state index in [-0.39, 0.29) is 0 Å². The van der Waals surface area contributed by atoms with Crippen LogP contribution < -0.4 is 5.73 Å². The fourth-order valence-corrected chi connectivity index (χ4v) is 8.21. The van der Waals surface area contributed by atoms with Crippen molar-refractivity contribution in [2.45, 2.75) is 46.4 Å². The molecule has 0 aliphatic carbocycles. The average molecular weight is 712 g/mol. The molecule has 51 heavy (non-hydrogen) atoms. The largest absolute Gasteiger partial charge is 0.334 e. The van der Waals surface area contributed by atoms with E-state index in [4.69, 9.17) is 38.9 Å². The maximum atomic E-state index is 6.37. The van der Waals surface area contributed by atoms with E-state index in [1.165, 1.54) is 32.6 Å². The molecule has 0 amide bonds. The molecule has 0 aliphatic heterocycles. The standard InChI is InChI=1S/C43H40Cl2N6/c1-28-42-38(36-14-3-5-16-40(36)50(42)24-30-10-7-12-32(44)20-30)22-34(47-28)26-49(19-9-18-46)27-35-23-39-37-15-4-6-17-41(37)51(43(39)29(2)48-35)25-31-11-8-13-33(45)21-31/h3-8,10-17,20-23H,9,18-19,24-27,46H2,1-2H3. The van der Waals surface area contributed by atoms with Gasteiger partial charge in [0.25, 0.3) is 0 Å². The van der Waals surface area contributed by atoms with Gasteiger partial charge in [0.15, 0.2) is 0 Å². The first-order valence-electron chi connectivity index (χ1n) is 17.5. The lowest BCUT2D eigenvalue weighted by Crippen LogP contribution is -2.26. The van der Waals surface area contributed by atoms with Crippen molar-refractivity contribution in [1.82, 2.24) is 24.0 Å². The highest BCUT2D eigenvalue weighted by Crippen LogP contribution is 2.34. The Bertz CT molecular complexity index is 2380. The van der Waals surface area contributed by atoms with Crippen LogP contribution in [0, 0.1) is 13.8 Å². The molecule has 2 N–H and O–H groups in total. The zero-order valence-corrected chi connectivity index (χ0v) is 30.4. The predicted octanol–water partition coefficient (Wildman–Crippen LogP) is 10.1. The molecule has 0 unspecified atom stereocenters. The molecule has 4 aromatic heterocycles. The smallest absolute Gasteiger partial charge is 0.0711 e. The van der Waals surface area contributed by atoms with Gasteiger partial charge in [-0.1, -0.05) is 83.9 Å². The molecular weight excluding hydrogens is 671 g/mol. The van der Waals surface area contributed by atoms with E-state index in [0.717, 1.165) is 81.0 Å². The summed E-state index contributed by atoms with van der Waals surface area (Å²) in [4.78, 5) is 12.9. The number of rotatable bonds is 11. The molecule has 0 spiro atoms. The average Bonchev–Trinajstić information content (AvgIpc) is 3.60. The fraction of sp³-hybridized carbons (Fsp3) is 0.209. The molecule has 0 saturated carbocycles. The summed E-state index contributed by atoms with van der Waals surface area (Å²) in [6.07, 6.45) is 0.889. The SMILES string of the molecule is Cc1nc(CN(CCCN)Cc2cc3c4ccccc4n(Cc4cccc(Cl)c4)c3c(C)n2)cc2c3ccccc3n(Cc3cccc(Cl)c3)c12. The van der Waals surface area contributed by atoms with E-state index >= 15 is 0 Å². The first kappa shape index (κ1) is 33.4. The summed E-state index contributed by atoms with van der Waals surface area (Å²) < 4.78 is 4.75. The van der Waals surface area contributed by atoms with Crippen LogP contribution in [0.25, 0.3) is 43.6 Å². The van der Waals surface area contributed by atoms with Gasteiger partial charge in [0.1, 0.15) is 0 Å². The molecule has 8 rings (SSSR count). The van der Waals surface area contributed by atoms with E-state index in [0.29, 0.717) is 19.6 Å². The summed E-state index contributed by atoms with van der Waals surface area (Å²) in [5.74, 6) is 0. The summed E-state index contributed by atoms with van der Waals surface area (Å²) in [5, 5.41) is 6.39. The van der Waals surface area contributed by atoms with Gasteiger partial charge in [-0.15, -0.1) is 0 Å². The highest BCUT2D eigenvalue weighted by molar-refractivity contribution is 6.31. The van der Waals surface area contributed by atoms with Crippen molar-refractivity contribution in [3.8, 4) is 0 Å². The van der Waals surface area contributed by atoms with Crippen LogP contribution in [-0.4, -0.2) is 37.1 Å². The molecule has 0 fully saturated rings. The van der Waals surface area contributed by atoms with Gasteiger partial charge in [0, 0.05) is 75.3 Å². The summed E-state index contributed by atoms with van der Waals surface area (Å²) >= 11 is 12.7. The lowest BCUT2D eigenvalue weighted by atomic mass is 10.1. The van der Waals surface area contributed by atoms with Gasteiger partial charge in [0.2, 0.25) is 0 Å². The number of nitrogens with two attached hydrogens (primary N) is 1. The molecule has 4 aromatic carbocycles. The van der Waals surface area contributed by atoms with Gasteiger partial charge in [-0.2, -0.15) is 0 Å². The van der Waals surface area contributed by atoms with Crippen molar-refractivity contribution in [3.63, 3.8) is 0 Å². The molecule has 0 aliphatic rings. The predicted molar refractivity (Wildman–Crippen MR) is 213 cm³/mol. The van der Waals surface area contributed by atoms with Crippen molar-refractivity contribution in [1.29, 1.82) is 0 Å². The van der Waals surface area contributed by atoms with Gasteiger partial charge in [0.05, 0.1) is 33.8 Å². The Balaban J connectivity index is 1.15. The fourth-order valence-electron chi connectivity index (χ4n) is 7.78. The van der Waals surface area contributed by atoms with Gasteiger partial charge in [-0.25, -0.2) is 0 Å². The number of pyridine rings is 2. The van der Waals surface area contributed by atoms with E-state index in [1.807, 2.05) is 36.4 Å². The van der Waals surface area contributed by atoms with Crippen molar-refractivity contribution in [2.24, 2.45) is 5.73 Å². The monoisotopic (exact) mass is 710 g/mol. The van der Waals surface area contributed by atoms with Crippen LogP contribution in [0.15, 0.2) is 109 Å². The molecule has 8 heteroatoms. The third kappa shape index (κ3) is 6.61. The number of benzene rings is 4. The van der Waals surface area contributed by atoms with E-state index < -0.39 is 0 Å².